The van der Waals surface area contributed by atoms with Crippen LogP contribution in [-0.2, 0) is 119 Å². The van der Waals surface area contributed by atoms with Gasteiger partial charge in [0.15, 0.2) is 43.3 Å². The molecule has 12 aliphatic rings. The zero-order chi connectivity index (χ0) is 89.2. The van der Waals surface area contributed by atoms with Gasteiger partial charge in [0.1, 0.15) is 60.5 Å². The number of benzene rings is 3. The van der Waals surface area contributed by atoms with E-state index in [2.05, 4.69) is 119 Å². The number of hydrogen-bond donors (Lipinski definition) is 2. The predicted octanol–water partition coefficient (Wildman–Crippen LogP) is 17.6. The topological polar surface area (TPSA) is 299 Å². The number of allylic oxidation sites excluding steroid dienone is 2. The molecule has 7 saturated heterocycles. The van der Waals surface area contributed by atoms with E-state index >= 15 is 4.79 Å². The Morgan fingerprint density at radius 2 is 1.18 bits per heavy atom. The molecule has 125 heavy (non-hydrogen) atoms. The number of methoxy groups -OCH3 is 1. The number of carboxylic acid groups (broad SMARTS) is 1. The quantitative estimate of drug-likeness (QED) is 0.0170. The largest absolute Gasteiger partial charge is 0.479 e. The number of ether oxygens (including phenoxy) is 18. The SMILES string of the molecule is CCC1O[C@@H](OC2[C@H](O[C@H]3CCC4(C)C5CC=C6C7CC(C)(C)CC[C@]7(C(=O)O[C@@H]7OC(COCc8ccccc8)[C@H](N=NN=N)C(C)C7O[C@@H]7OC(C)[C@H](O[C@@H]8OC[C@@H](OCc9ccccc9)C(OCc9ccccc9)C8C)C8OC(C)(C)OC87)C(OC)C[C@@]6(C)[C@@]5(C)CC[C@H]4[C@@]3(C)C=O)OC(C(=O)O)[C@@H](C)[C@@H]2O[C@@H]2OC[C@@H](C)[C@H](C)C2C)C(C)[C@@H](C)[C@H]1C. The van der Waals surface area contributed by atoms with Crippen LogP contribution in [0.3, 0.4) is 0 Å². The highest BCUT2D eigenvalue weighted by molar-refractivity contribution is 5.80. The summed E-state index contributed by atoms with van der Waals surface area (Å²) >= 11 is 0. The van der Waals surface area contributed by atoms with Crippen LogP contribution in [-0.4, -0.2) is 185 Å². The van der Waals surface area contributed by atoms with Crippen LogP contribution in [0, 0.1) is 109 Å². The Labute approximate surface area is 740 Å². The van der Waals surface area contributed by atoms with E-state index in [0.717, 1.165) is 35.8 Å². The van der Waals surface area contributed by atoms with Crippen LogP contribution in [0.1, 0.15) is 212 Å². The lowest BCUT2D eigenvalue weighted by molar-refractivity contribution is -0.375. The molecule has 26 nitrogen and oxygen atoms in total. The molecule has 2 N–H and O–H groups in total. The first-order valence-corrected chi connectivity index (χ1v) is 46.9. The average molecular weight is 1740 g/mol. The van der Waals surface area contributed by atoms with Crippen LogP contribution >= 0.6 is 0 Å². The molecule has 0 bridgehead atoms. The summed E-state index contributed by atoms with van der Waals surface area (Å²) in [5, 5.41) is 23.0. The van der Waals surface area contributed by atoms with Crippen molar-refractivity contribution in [2.24, 2.45) is 119 Å². The first kappa shape index (κ1) is 94.2. The fraction of sp³-hybridized carbons (Fsp3) is 0.768. The van der Waals surface area contributed by atoms with Gasteiger partial charge in [-0.25, -0.2) is 4.79 Å². The molecule has 0 radical (unpaired) electrons. The Hall–Kier alpha value is -5.47. The Kier molecular flexibility index (Phi) is 28.6. The van der Waals surface area contributed by atoms with Crippen LogP contribution in [0.2, 0.25) is 0 Å². The molecule has 7 heterocycles. The zero-order valence-electron chi connectivity index (χ0n) is 77.5. The minimum atomic E-state index is -1.41. The predicted molar refractivity (Wildman–Crippen MR) is 460 cm³/mol. The normalized spacial score (nSPS) is 45.8. The monoisotopic (exact) mass is 1740 g/mol. The molecule has 11 fully saturated rings. The molecule has 15 rings (SSSR count). The number of nitrogens with one attached hydrogen (secondary N) is 1. The van der Waals surface area contributed by atoms with Crippen molar-refractivity contribution in [2.75, 3.05) is 26.9 Å². The number of carboxylic acids is 1. The number of nitrogens with zero attached hydrogens (tertiary/aromatic N) is 3. The number of fused-ring (bicyclic) bond motifs is 8. The van der Waals surface area contributed by atoms with Gasteiger partial charge in [-0.1, -0.05) is 213 Å². The molecular weight excluding hydrogens is 1600 g/mol. The average Bonchev–Trinajstić information content (AvgIpc) is 0.827. The first-order chi connectivity index (χ1) is 59.6. The van der Waals surface area contributed by atoms with Crippen molar-refractivity contribution in [3.63, 3.8) is 0 Å². The van der Waals surface area contributed by atoms with E-state index in [9.17, 15) is 14.7 Å². The van der Waals surface area contributed by atoms with E-state index in [1.807, 2.05) is 126 Å². The zero-order valence-corrected chi connectivity index (χ0v) is 77.5. The van der Waals surface area contributed by atoms with Gasteiger partial charge in [-0.15, -0.1) is 0 Å². The molecule has 3 aromatic rings. The molecule has 4 saturated carbocycles. The molecule has 3 aromatic carbocycles. The van der Waals surface area contributed by atoms with Crippen LogP contribution < -0.4 is 0 Å². The van der Waals surface area contributed by atoms with Crippen molar-refractivity contribution in [2.45, 2.75) is 351 Å². The van der Waals surface area contributed by atoms with Crippen molar-refractivity contribution in [1.82, 2.24) is 0 Å². The van der Waals surface area contributed by atoms with Gasteiger partial charge in [0.05, 0.1) is 81.7 Å². The molecule has 7 aliphatic heterocycles. The maximum atomic E-state index is 17.0. The lowest BCUT2D eigenvalue weighted by atomic mass is 9.33. The standard InChI is InChI=1S/C99H144N4O22/c1-21-69-57(5)56(4)59(7)88(115-69)122-83-78(118-86-58(6)55(3)54(2)47-112-86)61(9)79(85(105)106)119-90(83)117-74-40-41-95(16)72(96(74,17)53-104)39-42-97(18)73(95)38-37-67-68-45-93(12,13)43-44-99(68,75(108-20)46-98(67,97)19)92(107)123-89-80(60(8)76(101-103-102-100)70(116-89)51-109-48-64-31-25-22-26-32-64)120-91-84-82(124-94(14,15)125-84)81(63(11)114-91)121-87-62(10)77(111-50-66-35-29-24-30-36-66)71(52-113-87)110-49-65-33-27-23-28-34-65/h22-37,53-63,68-84,86-91,100H,21,38-52H2,1-20H3,(H,105,106)/t54-,55+,56+,57-,58?,59?,60?,61+,62?,63?,68?,69?,70?,71-,72-,73?,74+,75?,76-,77?,78+,79?,80?,81+,82?,83?,84?,86+,87+,88+,89+,90-,91+,95?,96-,97+,98-,99-/m1/s1. The third-order valence-electron chi connectivity index (χ3n) is 33.6. The highest BCUT2D eigenvalue weighted by atomic mass is 16.8. The molecule has 5 aliphatic carbocycles. The minimum absolute atomic E-state index is 0.00385. The maximum Gasteiger partial charge on any atom is 0.333 e. The number of aliphatic carboxylic acids is 1. The summed E-state index contributed by atoms with van der Waals surface area (Å²) in [5.74, 6) is -3.93. The van der Waals surface area contributed by atoms with Crippen LogP contribution in [0.25, 0.3) is 0 Å². The summed E-state index contributed by atoms with van der Waals surface area (Å²) in [6.45, 7) is 42.3. The van der Waals surface area contributed by atoms with Crippen molar-refractivity contribution in [1.29, 1.82) is 5.53 Å². The molecule has 0 aromatic heterocycles. The van der Waals surface area contributed by atoms with Gasteiger partial charge in [-0.05, 0) is 175 Å². The van der Waals surface area contributed by atoms with Crippen LogP contribution in [0.5, 0.6) is 0 Å². The number of aldehydes is 1. The first-order valence-electron chi connectivity index (χ1n) is 46.9. The number of carbonyl (C=O) groups excluding carboxylic acids is 2. The number of hydrogen-bond acceptors (Lipinski definition) is 23. The van der Waals surface area contributed by atoms with Gasteiger partial charge in [0, 0.05) is 36.7 Å². The number of rotatable bonds is 28. The van der Waals surface area contributed by atoms with E-state index in [1.165, 1.54) is 5.57 Å². The molecule has 692 valence electrons. The van der Waals surface area contributed by atoms with Crippen LogP contribution in [0.4, 0.5) is 0 Å². The molecule has 0 spiro atoms. The Balaban J connectivity index is 0.714. The van der Waals surface area contributed by atoms with Gasteiger partial charge in [-0.2, -0.15) is 10.6 Å². The summed E-state index contributed by atoms with van der Waals surface area (Å²) in [4.78, 5) is 45.3. The Morgan fingerprint density at radius 1 is 0.560 bits per heavy atom. The van der Waals surface area contributed by atoms with E-state index in [-0.39, 0.29) is 90.0 Å². The Bertz CT molecular complexity index is 4200. The van der Waals surface area contributed by atoms with Crippen molar-refractivity contribution >= 4 is 18.2 Å². The van der Waals surface area contributed by atoms with Gasteiger partial charge in [0.2, 0.25) is 6.29 Å². The lowest BCUT2D eigenvalue weighted by Crippen LogP contribution is -2.69. The third-order valence-corrected chi connectivity index (χ3v) is 33.6. The van der Waals surface area contributed by atoms with E-state index in [4.69, 9.17) is 90.8 Å². The van der Waals surface area contributed by atoms with E-state index < -0.39 is 174 Å². The van der Waals surface area contributed by atoms with Gasteiger partial charge >= 0.3 is 11.9 Å². The highest BCUT2D eigenvalue weighted by Crippen LogP contribution is 2.76. The summed E-state index contributed by atoms with van der Waals surface area (Å²) in [5.41, 5.74) is 8.27. The molecular formula is C99H144N4O22. The third kappa shape index (κ3) is 18.1. The summed E-state index contributed by atoms with van der Waals surface area (Å²) in [6.07, 6.45) is -6.52. The van der Waals surface area contributed by atoms with Crippen LogP contribution in [0.15, 0.2) is 118 Å². The lowest BCUT2D eigenvalue weighted by Gasteiger charge is -2.71. The van der Waals surface area contributed by atoms with Crippen molar-refractivity contribution in [3.05, 3.63) is 119 Å². The number of esters is 1. The number of carbonyl (C=O) groups is 3. The maximum absolute atomic E-state index is 17.0. The second-order valence-electron chi connectivity index (χ2n) is 41.8. The fourth-order valence-corrected chi connectivity index (χ4v) is 25.3. The smallest absolute Gasteiger partial charge is 0.333 e. The second kappa shape index (κ2) is 38.0. The highest BCUT2D eigenvalue weighted by Gasteiger charge is 2.74. The van der Waals surface area contributed by atoms with E-state index in [1.54, 1.807) is 7.11 Å². The second-order valence-corrected chi connectivity index (χ2v) is 41.8. The molecule has 0 amide bonds. The van der Waals surface area contributed by atoms with Gasteiger partial charge < -0.3 is 95.2 Å². The molecule has 17 unspecified atom stereocenters. The fourth-order valence-electron chi connectivity index (χ4n) is 25.3. The van der Waals surface area contributed by atoms with Crippen molar-refractivity contribution in [3.8, 4) is 0 Å². The van der Waals surface area contributed by atoms with E-state index in [0.29, 0.717) is 77.1 Å². The molecule has 26 heteroatoms. The van der Waals surface area contributed by atoms with Crippen molar-refractivity contribution < 1.29 is 105 Å². The molecule has 38 atom stereocenters. The van der Waals surface area contributed by atoms with Gasteiger partial charge in [-0.3, -0.25) is 4.79 Å². The summed E-state index contributed by atoms with van der Waals surface area (Å²) in [6, 6.07) is 29.1. The summed E-state index contributed by atoms with van der Waals surface area (Å²) in [7, 11) is 1.73. The summed E-state index contributed by atoms with van der Waals surface area (Å²) < 4.78 is 125. The minimum Gasteiger partial charge on any atom is -0.479 e. The Morgan fingerprint density at radius 3 is 1.83 bits per heavy atom. The van der Waals surface area contributed by atoms with Gasteiger partial charge in [0.25, 0.3) is 0 Å².